The molecule has 0 radical (unpaired) electrons. The van der Waals surface area contributed by atoms with Crippen LogP contribution in [0.1, 0.15) is 51.8 Å². The first-order valence-corrected chi connectivity index (χ1v) is 8.25. The lowest BCUT2D eigenvalue weighted by Gasteiger charge is -2.09. The SMILES string of the molecule is CCOC(=O)c1ccc(NC(=O)c2cncc(C(=O)NC(C)C)c2)cc1. The highest BCUT2D eigenvalue weighted by atomic mass is 16.5. The van der Waals surface area contributed by atoms with E-state index in [2.05, 4.69) is 15.6 Å². The second-order valence-corrected chi connectivity index (χ2v) is 5.84. The summed E-state index contributed by atoms with van der Waals surface area (Å²) < 4.78 is 4.91. The molecule has 26 heavy (non-hydrogen) atoms. The van der Waals surface area contributed by atoms with Crippen LogP contribution >= 0.6 is 0 Å². The van der Waals surface area contributed by atoms with E-state index in [0.29, 0.717) is 23.4 Å². The molecule has 0 saturated heterocycles. The normalized spacial score (nSPS) is 10.3. The van der Waals surface area contributed by atoms with Gasteiger partial charge in [-0.3, -0.25) is 14.6 Å². The van der Waals surface area contributed by atoms with Crippen molar-refractivity contribution in [1.29, 1.82) is 0 Å². The lowest BCUT2D eigenvalue weighted by Crippen LogP contribution is -2.30. The summed E-state index contributed by atoms with van der Waals surface area (Å²) in [5, 5.41) is 5.45. The number of carbonyl (C=O) groups excluding carboxylic acids is 3. The molecule has 1 aromatic carbocycles. The van der Waals surface area contributed by atoms with Crippen molar-refractivity contribution < 1.29 is 19.1 Å². The highest BCUT2D eigenvalue weighted by Crippen LogP contribution is 2.13. The highest BCUT2D eigenvalue weighted by Gasteiger charge is 2.13. The first-order valence-electron chi connectivity index (χ1n) is 8.25. The average Bonchev–Trinajstić information content (AvgIpc) is 2.62. The van der Waals surface area contributed by atoms with E-state index < -0.39 is 11.9 Å². The molecule has 0 unspecified atom stereocenters. The van der Waals surface area contributed by atoms with Gasteiger partial charge < -0.3 is 15.4 Å². The number of ether oxygens (including phenoxy) is 1. The molecule has 0 atom stereocenters. The maximum atomic E-state index is 12.4. The molecular weight excluding hydrogens is 334 g/mol. The van der Waals surface area contributed by atoms with Crippen molar-refractivity contribution in [2.24, 2.45) is 0 Å². The molecule has 136 valence electrons. The molecule has 0 aliphatic rings. The monoisotopic (exact) mass is 355 g/mol. The lowest BCUT2D eigenvalue weighted by atomic mass is 10.1. The lowest BCUT2D eigenvalue weighted by molar-refractivity contribution is 0.0526. The Morgan fingerprint density at radius 1 is 1.00 bits per heavy atom. The molecule has 2 aromatic rings. The van der Waals surface area contributed by atoms with Gasteiger partial charge in [-0.15, -0.1) is 0 Å². The van der Waals surface area contributed by atoms with Crippen molar-refractivity contribution in [3.63, 3.8) is 0 Å². The summed E-state index contributed by atoms with van der Waals surface area (Å²) in [6, 6.07) is 7.81. The summed E-state index contributed by atoms with van der Waals surface area (Å²) in [7, 11) is 0. The molecule has 0 fully saturated rings. The topological polar surface area (TPSA) is 97.4 Å². The standard InChI is InChI=1S/C19H21N3O4/c1-4-26-19(25)13-5-7-16(8-6-13)22-18(24)15-9-14(10-20-11-15)17(23)21-12(2)3/h5-12H,4H2,1-3H3,(H,21,23)(H,22,24). The minimum Gasteiger partial charge on any atom is -0.462 e. The van der Waals surface area contributed by atoms with Crippen LogP contribution in [0.15, 0.2) is 42.7 Å². The van der Waals surface area contributed by atoms with E-state index >= 15 is 0 Å². The second kappa shape index (κ2) is 8.75. The fraction of sp³-hybridized carbons (Fsp3) is 0.263. The minimum atomic E-state index is -0.418. The number of anilines is 1. The van der Waals surface area contributed by atoms with Gasteiger partial charge in [0, 0.05) is 24.1 Å². The first-order chi connectivity index (χ1) is 12.4. The number of aromatic nitrogens is 1. The number of rotatable bonds is 6. The van der Waals surface area contributed by atoms with Gasteiger partial charge in [0.05, 0.1) is 23.3 Å². The summed E-state index contributed by atoms with van der Waals surface area (Å²) in [5.41, 5.74) is 1.49. The first kappa shape index (κ1) is 19.1. The maximum Gasteiger partial charge on any atom is 0.338 e. The van der Waals surface area contributed by atoms with Crippen LogP contribution in [0.4, 0.5) is 5.69 Å². The zero-order chi connectivity index (χ0) is 19.1. The number of amides is 2. The second-order valence-electron chi connectivity index (χ2n) is 5.84. The van der Waals surface area contributed by atoms with Gasteiger partial charge in [-0.1, -0.05) is 0 Å². The molecule has 0 aliphatic heterocycles. The molecular formula is C19H21N3O4. The molecule has 7 nitrogen and oxygen atoms in total. The van der Waals surface area contributed by atoms with Gasteiger partial charge in [0.15, 0.2) is 0 Å². The van der Waals surface area contributed by atoms with Gasteiger partial charge >= 0.3 is 5.97 Å². The zero-order valence-corrected chi connectivity index (χ0v) is 14.9. The van der Waals surface area contributed by atoms with Crippen molar-refractivity contribution >= 4 is 23.5 Å². The predicted molar refractivity (Wildman–Crippen MR) is 97.2 cm³/mol. The van der Waals surface area contributed by atoms with Crippen LogP contribution < -0.4 is 10.6 Å². The number of carbonyl (C=O) groups is 3. The number of pyridine rings is 1. The van der Waals surface area contributed by atoms with Crippen LogP contribution in [0.5, 0.6) is 0 Å². The summed E-state index contributed by atoms with van der Waals surface area (Å²) >= 11 is 0. The van der Waals surface area contributed by atoms with Gasteiger partial charge in [0.25, 0.3) is 11.8 Å². The number of nitrogens with zero attached hydrogens (tertiary/aromatic N) is 1. The van der Waals surface area contributed by atoms with Gasteiger partial charge in [0.2, 0.25) is 0 Å². The molecule has 1 aromatic heterocycles. The molecule has 0 spiro atoms. The van der Waals surface area contributed by atoms with E-state index in [1.165, 1.54) is 18.5 Å². The Morgan fingerprint density at radius 2 is 1.62 bits per heavy atom. The third-order valence-electron chi connectivity index (χ3n) is 3.34. The van der Waals surface area contributed by atoms with Crippen molar-refractivity contribution in [1.82, 2.24) is 10.3 Å². The Kier molecular flexibility index (Phi) is 6.43. The van der Waals surface area contributed by atoms with E-state index in [1.807, 2.05) is 13.8 Å². The molecule has 1 heterocycles. The highest BCUT2D eigenvalue weighted by molar-refractivity contribution is 6.06. The third-order valence-corrected chi connectivity index (χ3v) is 3.34. The molecule has 0 bridgehead atoms. The Labute approximate surface area is 151 Å². The number of hydrogen-bond donors (Lipinski definition) is 2. The molecule has 0 aliphatic carbocycles. The van der Waals surface area contributed by atoms with Gasteiger partial charge in [-0.25, -0.2) is 4.79 Å². The summed E-state index contributed by atoms with van der Waals surface area (Å²) in [6.45, 7) is 5.73. The van der Waals surface area contributed by atoms with Crippen molar-refractivity contribution in [2.45, 2.75) is 26.8 Å². The summed E-state index contributed by atoms with van der Waals surface area (Å²) in [5.74, 6) is -1.11. The molecule has 2 amide bonds. The Hall–Kier alpha value is -3.22. The van der Waals surface area contributed by atoms with Crippen LogP contribution in [0.2, 0.25) is 0 Å². The van der Waals surface area contributed by atoms with Gasteiger partial charge in [-0.05, 0) is 51.1 Å². The van der Waals surface area contributed by atoms with Crippen LogP contribution in [-0.4, -0.2) is 35.4 Å². The zero-order valence-electron chi connectivity index (χ0n) is 14.9. The molecule has 2 N–H and O–H groups in total. The summed E-state index contributed by atoms with van der Waals surface area (Å²) in [6.07, 6.45) is 2.79. The fourth-order valence-corrected chi connectivity index (χ4v) is 2.14. The number of benzene rings is 1. The predicted octanol–water partition coefficient (Wildman–Crippen LogP) is 2.65. The fourth-order valence-electron chi connectivity index (χ4n) is 2.14. The van der Waals surface area contributed by atoms with Crippen molar-refractivity contribution in [3.05, 3.63) is 59.4 Å². The third kappa shape index (κ3) is 5.14. The Morgan fingerprint density at radius 3 is 2.19 bits per heavy atom. The van der Waals surface area contributed by atoms with E-state index in [9.17, 15) is 14.4 Å². The number of hydrogen-bond acceptors (Lipinski definition) is 5. The van der Waals surface area contributed by atoms with Crippen molar-refractivity contribution in [3.8, 4) is 0 Å². The maximum absolute atomic E-state index is 12.4. The summed E-state index contributed by atoms with van der Waals surface area (Å²) in [4.78, 5) is 39.9. The Bertz CT molecular complexity index is 801. The minimum absolute atomic E-state index is 0.0158. The largest absolute Gasteiger partial charge is 0.462 e. The smallest absolute Gasteiger partial charge is 0.338 e. The Balaban J connectivity index is 2.08. The quantitative estimate of drug-likeness (QED) is 0.777. The van der Waals surface area contributed by atoms with E-state index in [4.69, 9.17) is 4.74 Å². The number of nitrogens with one attached hydrogen (secondary N) is 2. The molecule has 0 saturated carbocycles. The molecule has 7 heteroatoms. The van der Waals surface area contributed by atoms with Crippen molar-refractivity contribution in [2.75, 3.05) is 11.9 Å². The van der Waals surface area contributed by atoms with E-state index in [0.717, 1.165) is 0 Å². The van der Waals surface area contributed by atoms with Gasteiger partial charge in [0.1, 0.15) is 0 Å². The van der Waals surface area contributed by atoms with E-state index in [1.54, 1.807) is 31.2 Å². The van der Waals surface area contributed by atoms with Crippen LogP contribution in [0.25, 0.3) is 0 Å². The van der Waals surface area contributed by atoms with Crippen LogP contribution in [-0.2, 0) is 4.74 Å². The average molecular weight is 355 g/mol. The van der Waals surface area contributed by atoms with Crippen LogP contribution in [0, 0.1) is 0 Å². The van der Waals surface area contributed by atoms with Gasteiger partial charge in [-0.2, -0.15) is 0 Å². The molecule has 2 rings (SSSR count). The van der Waals surface area contributed by atoms with Crippen LogP contribution in [0.3, 0.4) is 0 Å². The number of esters is 1. The van der Waals surface area contributed by atoms with E-state index in [-0.39, 0.29) is 17.5 Å².